The van der Waals surface area contributed by atoms with E-state index in [-0.39, 0.29) is 43.1 Å². The quantitative estimate of drug-likeness (QED) is 0.484. The van der Waals surface area contributed by atoms with Gasteiger partial charge in [-0.05, 0) is 63.8 Å². The summed E-state index contributed by atoms with van der Waals surface area (Å²) in [7, 11) is 2.01. The van der Waals surface area contributed by atoms with Crippen molar-refractivity contribution in [2.24, 2.45) is 0 Å². The first-order chi connectivity index (χ1) is 18.1. The Balaban J connectivity index is 1.54. The molecule has 9 heteroatoms. The molecule has 4 heterocycles. The molecule has 1 saturated heterocycles. The van der Waals surface area contributed by atoms with E-state index in [1.807, 2.05) is 34.7 Å². The van der Waals surface area contributed by atoms with Crippen LogP contribution in [0, 0.1) is 20.8 Å². The van der Waals surface area contributed by atoms with E-state index in [9.17, 15) is 20.1 Å². The zero-order chi connectivity index (χ0) is 27.0. The van der Waals surface area contributed by atoms with E-state index in [0.717, 1.165) is 39.8 Å². The highest BCUT2D eigenvalue weighted by Crippen LogP contribution is 2.57. The minimum Gasteiger partial charge on any atom is -0.507 e. The van der Waals surface area contributed by atoms with Crippen LogP contribution in [-0.4, -0.2) is 69.7 Å². The molecule has 1 amide bonds. The minimum atomic E-state index is -0.833. The predicted molar refractivity (Wildman–Crippen MR) is 141 cm³/mol. The zero-order valence-electron chi connectivity index (χ0n) is 22.7. The Hall–Kier alpha value is -3.01. The number of likely N-dealkylation sites (N-methyl/N-ethyl adjacent to an activating group) is 1. The van der Waals surface area contributed by atoms with Crippen LogP contribution in [0.1, 0.15) is 70.8 Å². The number of rotatable bonds is 4. The van der Waals surface area contributed by atoms with Crippen LogP contribution in [0.15, 0.2) is 6.07 Å². The van der Waals surface area contributed by atoms with Gasteiger partial charge >= 0.3 is 0 Å². The average molecular weight is 524 g/mol. The lowest BCUT2D eigenvalue weighted by Gasteiger charge is -2.60. The lowest BCUT2D eigenvalue weighted by atomic mass is 9.73. The Morgan fingerprint density at radius 2 is 1.79 bits per heavy atom. The number of nitrogens with one attached hydrogen (secondary N) is 1. The number of hydrogen-bond donors (Lipinski definition) is 4. The third kappa shape index (κ3) is 3.45. The number of aliphatic hydroxyl groups is 1. The van der Waals surface area contributed by atoms with Gasteiger partial charge in [-0.2, -0.15) is 0 Å². The van der Waals surface area contributed by atoms with Crippen molar-refractivity contribution < 1.29 is 29.6 Å². The standard InChI is InChI=1S/C29H37N3O6/c1-6-7-21(33)30-11-20-23-17(25(34)15(4)27-28(23)38-12-37-27)10-18-24-22-16(8-13(2)14(3)26(22)35)9-19(31(24)5)29(36)32(18)20/h8,18-20,24,29,34-36H,6-7,9-12H2,1-5H3,(H,30,33)/t18?,19-,20-,24-,29-/m0/s1. The first-order valence-electron chi connectivity index (χ1n) is 13.6. The lowest BCUT2D eigenvalue weighted by molar-refractivity contribution is -0.172. The van der Waals surface area contributed by atoms with Crippen molar-refractivity contribution in [3.63, 3.8) is 0 Å². The number of phenolic OH excluding ortho intramolecular Hbond substituents is 2. The van der Waals surface area contributed by atoms with Crippen molar-refractivity contribution in [3.05, 3.63) is 45.0 Å². The summed E-state index contributed by atoms with van der Waals surface area (Å²) in [6.07, 6.45) is 1.36. The number of fused-ring (bicyclic) bond motifs is 9. The molecule has 4 N–H and O–H groups in total. The van der Waals surface area contributed by atoms with Crippen molar-refractivity contribution >= 4 is 5.91 Å². The summed E-state index contributed by atoms with van der Waals surface area (Å²) in [5.41, 5.74) is 5.97. The van der Waals surface area contributed by atoms with E-state index >= 15 is 0 Å². The summed E-state index contributed by atoms with van der Waals surface area (Å²) < 4.78 is 11.7. The molecular formula is C29H37N3O6. The molecule has 1 unspecified atom stereocenters. The number of carbonyl (C=O) groups excluding carboxylic acids is 1. The smallest absolute Gasteiger partial charge is 0.231 e. The van der Waals surface area contributed by atoms with Gasteiger partial charge in [0.05, 0.1) is 18.1 Å². The summed E-state index contributed by atoms with van der Waals surface area (Å²) in [5, 5.41) is 37.8. The molecule has 0 spiro atoms. The molecule has 4 aliphatic rings. The SMILES string of the molecule is CCCC(=O)NC[C@H]1c2c(c(O)c(C)c3c2OCO3)CC2[C@H]3c4c(cc(C)c(C)c4O)C[C@@H]([C@H](O)N21)N3C. The fourth-order valence-corrected chi connectivity index (χ4v) is 7.24. The Morgan fingerprint density at radius 3 is 2.53 bits per heavy atom. The van der Waals surface area contributed by atoms with E-state index < -0.39 is 12.3 Å². The van der Waals surface area contributed by atoms with Gasteiger partial charge in [0.15, 0.2) is 11.5 Å². The number of phenols is 2. The molecule has 38 heavy (non-hydrogen) atoms. The molecule has 2 bridgehead atoms. The van der Waals surface area contributed by atoms with Gasteiger partial charge in [0.2, 0.25) is 12.7 Å². The molecule has 204 valence electrons. The highest BCUT2D eigenvalue weighted by Gasteiger charge is 2.56. The van der Waals surface area contributed by atoms with E-state index in [1.165, 1.54) is 0 Å². The number of piperazine rings is 1. The van der Waals surface area contributed by atoms with Crippen LogP contribution in [0.3, 0.4) is 0 Å². The fourth-order valence-electron chi connectivity index (χ4n) is 7.24. The average Bonchev–Trinajstić information content (AvgIpc) is 3.37. The minimum absolute atomic E-state index is 0.0563. The molecule has 2 aromatic rings. The van der Waals surface area contributed by atoms with Gasteiger partial charge < -0.3 is 30.1 Å². The third-order valence-electron chi connectivity index (χ3n) is 9.26. The largest absolute Gasteiger partial charge is 0.507 e. The maximum Gasteiger partial charge on any atom is 0.231 e. The molecule has 2 aromatic carbocycles. The predicted octanol–water partition coefficient (Wildman–Crippen LogP) is 2.87. The van der Waals surface area contributed by atoms with Crippen LogP contribution in [0.5, 0.6) is 23.0 Å². The molecule has 5 atom stereocenters. The van der Waals surface area contributed by atoms with Crippen molar-refractivity contribution in [3.8, 4) is 23.0 Å². The fraction of sp³-hybridized carbons (Fsp3) is 0.552. The molecule has 0 aliphatic carbocycles. The number of ether oxygens (including phenoxy) is 2. The van der Waals surface area contributed by atoms with Crippen molar-refractivity contribution in [1.29, 1.82) is 0 Å². The first-order valence-corrected chi connectivity index (χ1v) is 13.6. The molecular weight excluding hydrogens is 486 g/mol. The second-order valence-electron chi connectivity index (χ2n) is 11.3. The molecule has 6 rings (SSSR count). The van der Waals surface area contributed by atoms with Crippen LogP contribution in [-0.2, 0) is 17.6 Å². The van der Waals surface area contributed by atoms with Gasteiger partial charge in [-0.25, -0.2) is 0 Å². The number of nitrogens with zero attached hydrogens (tertiary/aromatic N) is 2. The summed E-state index contributed by atoms with van der Waals surface area (Å²) in [6.45, 7) is 8.03. The van der Waals surface area contributed by atoms with Crippen LogP contribution < -0.4 is 14.8 Å². The van der Waals surface area contributed by atoms with Crippen LogP contribution in [0.4, 0.5) is 0 Å². The summed E-state index contributed by atoms with van der Waals surface area (Å²) in [6, 6.07) is 1.02. The molecule has 0 saturated carbocycles. The van der Waals surface area contributed by atoms with Crippen molar-refractivity contribution in [2.45, 2.75) is 83.8 Å². The van der Waals surface area contributed by atoms with Crippen LogP contribution >= 0.6 is 0 Å². The van der Waals surface area contributed by atoms with Gasteiger partial charge in [-0.1, -0.05) is 13.0 Å². The highest BCUT2D eigenvalue weighted by molar-refractivity contribution is 5.76. The van der Waals surface area contributed by atoms with Gasteiger partial charge in [-0.3, -0.25) is 14.6 Å². The Morgan fingerprint density at radius 1 is 1.05 bits per heavy atom. The number of aryl methyl sites for hydroxylation is 1. The van der Waals surface area contributed by atoms with E-state index in [1.54, 1.807) is 0 Å². The molecule has 0 aromatic heterocycles. The summed E-state index contributed by atoms with van der Waals surface area (Å²) >= 11 is 0. The zero-order valence-corrected chi connectivity index (χ0v) is 22.7. The third-order valence-corrected chi connectivity index (χ3v) is 9.26. The summed E-state index contributed by atoms with van der Waals surface area (Å²) in [4.78, 5) is 16.8. The molecule has 0 radical (unpaired) electrons. The Labute approximate surface area is 223 Å². The van der Waals surface area contributed by atoms with Gasteiger partial charge in [-0.15, -0.1) is 0 Å². The maximum atomic E-state index is 12.6. The number of aromatic hydroxyl groups is 2. The summed E-state index contributed by atoms with van der Waals surface area (Å²) in [5.74, 6) is 1.50. The van der Waals surface area contributed by atoms with Crippen LogP contribution in [0.2, 0.25) is 0 Å². The number of aliphatic hydroxyl groups excluding tert-OH is 1. The van der Waals surface area contributed by atoms with E-state index in [4.69, 9.17) is 9.47 Å². The van der Waals surface area contributed by atoms with Crippen molar-refractivity contribution in [2.75, 3.05) is 20.4 Å². The lowest BCUT2D eigenvalue weighted by Crippen LogP contribution is -2.69. The van der Waals surface area contributed by atoms with Crippen molar-refractivity contribution in [1.82, 2.24) is 15.1 Å². The normalized spacial score (nSPS) is 27.5. The van der Waals surface area contributed by atoms with Gasteiger partial charge in [0.1, 0.15) is 17.7 Å². The van der Waals surface area contributed by atoms with Gasteiger partial charge in [0, 0.05) is 41.3 Å². The maximum absolute atomic E-state index is 12.6. The Bertz CT molecular complexity index is 1330. The van der Waals surface area contributed by atoms with E-state index in [0.29, 0.717) is 42.1 Å². The molecule has 1 fully saturated rings. The topological polar surface area (TPSA) is 115 Å². The second kappa shape index (κ2) is 9.03. The molecule has 4 aliphatic heterocycles. The first kappa shape index (κ1) is 25.3. The second-order valence-corrected chi connectivity index (χ2v) is 11.3. The monoisotopic (exact) mass is 523 g/mol. The Kier molecular flexibility index (Phi) is 6.01. The number of benzene rings is 2. The number of hydrogen-bond acceptors (Lipinski definition) is 8. The van der Waals surface area contributed by atoms with E-state index in [2.05, 4.69) is 21.2 Å². The molecule has 9 nitrogen and oxygen atoms in total. The highest BCUT2D eigenvalue weighted by atomic mass is 16.7. The van der Waals surface area contributed by atoms with Gasteiger partial charge in [0.25, 0.3) is 0 Å². The number of carbonyl (C=O) groups is 1. The van der Waals surface area contributed by atoms with Crippen LogP contribution in [0.25, 0.3) is 0 Å². The number of amides is 1.